The van der Waals surface area contributed by atoms with Crippen LogP contribution in [0.5, 0.6) is 0 Å². The standard InChI is InChI=1S/C22H32O6/c1-15(2)13-14-22(19(24)26-6,20(25)27-7)17-10-8-9-16(11-12-17)18(23)28-21(3,4)5/h11-12,14,16-17H,8-10H2,1-7H3/t16-,17-/m1/s1. The molecule has 6 heteroatoms. The minimum absolute atomic E-state index is 0.314. The molecule has 0 saturated carbocycles. The van der Waals surface area contributed by atoms with Gasteiger partial charge in [0.1, 0.15) is 5.60 Å². The molecule has 0 heterocycles. The number of rotatable bonds is 5. The van der Waals surface area contributed by atoms with Crippen LogP contribution in [0, 0.1) is 17.3 Å². The van der Waals surface area contributed by atoms with Crippen molar-refractivity contribution in [3.05, 3.63) is 29.5 Å². The number of ether oxygens (including phenoxy) is 3. The van der Waals surface area contributed by atoms with Gasteiger partial charge < -0.3 is 14.2 Å². The van der Waals surface area contributed by atoms with Crippen LogP contribution in [-0.2, 0) is 28.6 Å². The highest BCUT2D eigenvalue weighted by Gasteiger charge is 2.52. The van der Waals surface area contributed by atoms with Crippen molar-refractivity contribution in [2.45, 2.75) is 59.5 Å². The van der Waals surface area contributed by atoms with Crippen LogP contribution in [0.25, 0.3) is 0 Å². The van der Waals surface area contributed by atoms with E-state index in [2.05, 4.69) is 5.73 Å². The summed E-state index contributed by atoms with van der Waals surface area (Å²) in [6.45, 7) is 9.09. The van der Waals surface area contributed by atoms with Gasteiger partial charge in [0.2, 0.25) is 0 Å². The average molecular weight is 392 g/mol. The fourth-order valence-corrected chi connectivity index (χ4v) is 3.18. The molecule has 6 nitrogen and oxygen atoms in total. The van der Waals surface area contributed by atoms with E-state index in [1.807, 2.05) is 34.6 Å². The summed E-state index contributed by atoms with van der Waals surface area (Å²) in [4.78, 5) is 37.9. The second-order valence-electron chi connectivity index (χ2n) is 8.20. The molecule has 28 heavy (non-hydrogen) atoms. The molecule has 0 aromatic rings. The molecule has 0 aromatic heterocycles. The summed E-state index contributed by atoms with van der Waals surface area (Å²) in [5.74, 6) is -2.68. The quantitative estimate of drug-likeness (QED) is 0.233. The molecular weight excluding hydrogens is 360 g/mol. The largest absolute Gasteiger partial charge is 0.468 e. The maximum absolute atomic E-state index is 12.7. The van der Waals surface area contributed by atoms with Crippen LogP contribution in [0.4, 0.5) is 0 Å². The van der Waals surface area contributed by atoms with Crippen molar-refractivity contribution >= 4 is 17.9 Å². The Kier molecular flexibility index (Phi) is 8.25. The van der Waals surface area contributed by atoms with E-state index in [1.165, 1.54) is 20.3 Å². The topological polar surface area (TPSA) is 78.9 Å². The molecule has 1 aliphatic rings. The first kappa shape index (κ1) is 23.7. The van der Waals surface area contributed by atoms with Crippen molar-refractivity contribution in [2.75, 3.05) is 14.2 Å². The van der Waals surface area contributed by atoms with Crippen molar-refractivity contribution in [1.29, 1.82) is 0 Å². The van der Waals surface area contributed by atoms with E-state index in [0.29, 0.717) is 19.3 Å². The minimum Gasteiger partial charge on any atom is -0.468 e. The first-order chi connectivity index (χ1) is 13.0. The van der Waals surface area contributed by atoms with E-state index >= 15 is 0 Å². The van der Waals surface area contributed by atoms with E-state index < -0.39 is 34.8 Å². The van der Waals surface area contributed by atoms with Crippen LogP contribution in [0.3, 0.4) is 0 Å². The molecule has 2 atom stereocenters. The van der Waals surface area contributed by atoms with Gasteiger partial charge in [-0.15, -0.1) is 5.73 Å². The second kappa shape index (κ2) is 9.74. The third-order valence-electron chi connectivity index (χ3n) is 4.54. The average Bonchev–Trinajstić information content (AvgIpc) is 2.86. The Morgan fingerprint density at radius 2 is 1.57 bits per heavy atom. The van der Waals surface area contributed by atoms with Crippen LogP contribution in [-0.4, -0.2) is 37.7 Å². The highest BCUT2D eigenvalue weighted by atomic mass is 16.6. The summed E-state index contributed by atoms with van der Waals surface area (Å²) in [5.41, 5.74) is 1.54. The van der Waals surface area contributed by atoms with E-state index in [-0.39, 0.29) is 5.97 Å². The lowest BCUT2D eigenvalue weighted by Crippen LogP contribution is -2.45. The molecule has 1 rings (SSSR count). The van der Waals surface area contributed by atoms with E-state index in [4.69, 9.17) is 14.2 Å². The highest BCUT2D eigenvalue weighted by molar-refractivity contribution is 6.03. The molecule has 0 unspecified atom stereocenters. The summed E-state index contributed by atoms with van der Waals surface area (Å²) in [5, 5.41) is 0. The predicted octanol–water partition coefficient (Wildman–Crippen LogP) is 3.75. The van der Waals surface area contributed by atoms with Gasteiger partial charge >= 0.3 is 17.9 Å². The Balaban J connectivity index is 3.36. The van der Waals surface area contributed by atoms with Crippen LogP contribution < -0.4 is 0 Å². The molecule has 156 valence electrons. The first-order valence-corrected chi connectivity index (χ1v) is 9.47. The fourth-order valence-electron chi connectivity index (χ4n) is 3.18. The van der Waals surface area contributed by atoms with Gasteiger partial charge in [-0.3, -0.25) is 14.4 Å². The number of hydrogen-bond donors (Lipinski definition) is 0. The Morgan fingerprint density at radius 1 is 1.00 bits per heavy atom. The van der Waals surface area contributed by atoms with Crippen molar-refractivity contribution in [3.8, 4) is 0 Å². The lowest BCUT2D eigenvalue weighted by atomic mass is 9.73. The normalized spacial score (nSPS) is 19.7. The van der Waals surface area contributed by atoms with E-state index in [9.17, 15) is 14.4 Å². The molecule has 0 aliphatic heterocycles. The van der Waals surface area contributed by atoms with Crippen LogP contribution in [0.2, 0.25) is 0 Å². The summed E-state index contributed by atoms with van der Waals surface area (Å²) in [6, 6.07) is 0. The Hall–Kier alpha value is -2.33. The summed E-state index contributed by atoms with van der Waals surface area (Å²) < 4.78 is 15.4. The van der Waals surface area contributed by atoms with Gasteiger partial charge in [0, 0.05) is 5.92 Å². The molecule has 0 bridgehead atoms. The molecule has 0 fully saturated rings. The molecule has 0 radical (unpaired) electrons. The number of allylic oxidation sites excluding steroid dienone is 1. The van der Waals surface area contributed by atoms with Gasteiger partial charge in [-0.05, 0) is 59.1 Å². The van der Waals surface area contributed by atoms with Gasteiger partial charge in [-0.25, -0.2) is 0 Å². The Labute approximate surface area is 167 Å². The number of carbonyl (C=O) groups is 3. The first-order valence-electron chi connectivity index (χ1n) is 9.47. The van der Waals surface area contributed by atoms with Gasteiger partial charge in [-0.2, -0.15) is 0 Å². The molecule has 1 aliphatic carbocycles. The SMILES string of the molecule is COC(=O)C(C=C=C(C)C)(C(=O)OC)[C@H]1C=C[C@H](C(=O)OC(C)(C)C)CCC1. The lowest BCUT2D eigenvalue weighted by molar-refractivity contribution is -0.168. The number of hydrogen-bond acceptors (Lipinski definition) is 6. The molecule has 0 saturated heterocycles. The van der Waals surface area contributed by atoms with Crippen molar-refractivity contribution in [1.82, 2.24) is 0 Å². The molecular formula is C22H32O6. The number of esters is 3. The third kappa shape index (κ3) is 5.83. The Morgan fingerprint density at radius 3 is 2.04 bits per heavy atom. The van der Waals surface area contributed by atoms with Gasteiger partial charge in [0.25, 0.3) is 0 Å². The van der Waals surface area contributed by atoms with Crippen molar-refractivity contribution < 1.29 is 28.6 Å². The smallest absolute Gasteiger partial charge is 0.328 e. The van der Waals surface area contributed by atoms with Crippen molar-refractivity contribution in [3.63, 3.8) is 0 Å². The van der Waals surface area contributed by atoms with Gasteiger partial charge in [0.15, 0.2) is 5.41 Å². The molecule has 0 N–H and O–H groups in total. The number of carbonyl (C=O) groups excluding carboxylic acids is 3. The van der Waals surface area contributed by atoms with Gasteiger partial charge in [0.05, 0.1) is 20.1 Å². The second-order valence-corrected chi connectivity index (χ2v) is 8.20. The van der Waals surface area contributed by atoms with Crippen LogP contribution >= 0.6 is 0 Å². The Bertz CT molecular complexity index is 668. The molecule has 0 spiro atoms. The summed E-state index contributed by atoms with van der Waals surface area (Å²) in [6.07, 6.45) is 6.62. The fraction of sp³-hybridized carbons (Fsp3) is 0.636. The number of methoxy groups -OCH3 is 2. The monoisotopic (exact) mass is 392 g/mol. The van der Waals surface area contributed by atoms with Crippen LogP contribution in [0.1, 0.15) is 53.9 Å². The maximum atomic E-state index is 12.7. The zero-order chi connectivity index (χ0) is 21.5. The highest BCUT2D eigenvalue weighted by Crippen LogP contribution is 2.39. The van der Waals surface area contributed by atoms with Crippen LogP contribution in [0.15, 0.2) is 29.5 Å². The molecule has 0 amide bonds. The van der Waals surface area contributed by atoms with E-state index in [0.717, 1.165) is 5.57 Å². The predicted molar refractivity (Wildman–Crippen MR) is 105 cm³/mol. The molecule has 0 aromatic carbocycles. The maximum Gasteiger partial charge on any atom is 0.328 e. The zero-order valence-corrected chi connectivity index (χ0v) is 18.0. The minimum atomic E-state index is -1.65. The third-order valence-corrected chi connectivity index (χ3v) is 4.54. The summed E-state index contributed by atoms with van der Waals surface area (Å²) >= 11 is 0. The van der Waals surface area contributed by atoms with Gasteiger partial charge in [-0.1, -0.05) is 18.6 Å². The van der Waals surface area contributed by atoms with Crippen molar-refractivity contribution in [2.24, 2.45) is 17.3 Å². The lowest BCUT2D eigenvalue weighted by Gasteiger charge is -2.30. The van der Waals surface area contributed by atoms with E-state index in [1.54, 1.807) is 12.2 Å². The zero-order valence-electron chi connectivity index (χ0n) is 18.0. The summed E-state index contributed by atoms with van der Waals surface area (Å²) in [7, 11) is 2.47.